The highest BCUT2D eigenvalue weighted by Crippen LogP contribution is 2.38. The quantitative estimate of drug-likeness (QED) is 0.295. The molecule has 0 aromatic rings. The highest BCUT2D eigenvalue weighted by molar-refractivity contribution is 5.06. The molecule has 3 heteroatoms. The molecule has 3 N–H and O–H groups in total. The van der Waals surface area contributed by atoms with Crippen molar-refractivity contribution < 1.29 is 0 Å². The first-order valence-electron chi connectivity index (χ1n) is 15.9. The standard InChI is InChI=1S/C18H35N.C10H21N.C5H12.C2H7N/c1-9-13(2)15(4)14(3)10-16-11-17(5,6)19-18(7,8)12-16;1-8-6-9(2,3)11-10(4,5)7-8;1-4-5(2)3;1-3-2/h13,15-16,19H,3,9-12H2,1-2,4-8H3;8,11H,6-7H2,1-5H3;5H,4H2,1-3H3;3H,1-2H3. The lowest BCUT2D eigenvalue weighted by Crippen LogP contribution is -2.57. The Hall–Kier alpha value is -0.380. The van der Waals surface area contributed by atoms with E-state index in [2.05, 4.69) is 126 Å². The normalized spacial score (nSPS) is 23.4. The summed E-state index contributed by atoms with van der Waals surface area (Å²) in [6, 6.07) is 0. The van der Waals surface area contributed by atoms with Crippen LogP contribution < -0.4 is 16.0 Å². The zero-order chi connectivity index (χ0) is 30.5. The lowest BCUT2D eigenvalue weighted by Gasteiger charge is -2.47. The van der Waals surface area contributed by atoms with Crippen LogP contribution in [0.5, 0.6) is 0 Å². The SMILES string of the molecule is C=C(CC1CC(C)(C)NC(C)(C)C1)C(C)C(C)CC.CC1CC(C)(C)NC(C)(C)C1.CCC(C)C.CNC. The predicted octanol–water partition coefficient (Wildman–Crippen LogP) is 9.62. The predicted molar refractivity (Wildman–Crippen MR) is 176 cm³/mol. The van der Waals surface area contributed by atoms with Gasteiger partial charge in [-0.3, -0.25) is 0 Å². The fourth-order valence-corrected chi connectivity index (χ4v) is 6.82. The first-order valence-corrected chi connectivity index (χ1v) is 15.9. The average molecular weight is 538 g/mol. The Labute approximate surface area is 242 Å². The summed E-state index contributed by atoms with van der Waals surface area (Å²) in [6.45, 7) is 38.9. The number of allylic oxidation sites excluding steroid dienone is 1. The van der Waals surface area contributed by atoms with Crippen molar-refractivity contribution in [3.63, 3.8) is 0 Å². The molecule has 0 aliphatic carbocycles. The van der Waals surface area contributed by atoms with Crippen LogP contribution >= 0.6 is 0 Å². The van der Waals surface area contributed by atoms with Gasteiger partial charge in [0.2, 0.25) is 0 Å². The molecule has 0 radical (unpaired) electrons. The molecule has 0 saturated carbocycles. The zero-order valence-corrected chi connectivity index (χ0v) is 29.5. The van der Waals surface area contributed by atoms with Gasteiger partial charge in [0.1, 0.15) is 0 Å². The summed E-state index contributed by atoms with van der Waals surface area (Å²) < 4.78 is 0. The third-order valence-electron chi connectivity index (χ3n) is 8.18. The van der Waals surface area contributed by atoms with E-state index in [1.54, 1.807) is 0 Å². The molecule has 3 nitrogen and oxygen atoms in total. The van der Waals surface area contributed by atoms with Gasteiger partial charge in [-0.05, 0) is 131 Å². The minimum absolute atomic E-state index is 0.256. The highest BCUT2D eigenvalue weighted by Gasteiger charge is 2.38. The zero-order valence-electron chi connectivity index (χ0n) is 29.5. The maximum absolute atomic E-state index is 4.39. The number of hydrogen-bond donors (Lipinski definition) is 3. The van der Waals surface area contributed by atoms with E-state index in [-0.39, 0.29) is 11.1 Å². The molecule has 2 fully saturated rings. The van der Waals surface area contributed by atoms with Crippen molar-refractivity contribution in [1.29, 1.82) is 0 Å². The second kappa shape index (κ2) is 17.4. The van der Waals surface area contributed by atoms with Gasteiger partial charge < -0.3 is 16.0 Å². The summed E-state index contributed by atoms with van der Waals surface area (Å²) in [5.41, 5.74) is 2.65. The Kier molecular flexibility index (Phi) is 18.2. The van der Waals surface area contributed by atoms with Gasteiger partial charge in [-0.25, -0.2) is 0 Å². The van der Waals surface area contributed by atoms with E-state index in [1.807, 2.05) is 14.1 Å². The first-order chi connectivity index (χ1) is 17.1. The van der Waals surface area contributed by atoms with Crippen LogP contribution in [0.15, 0.2) is 12.2 Å². The maximum atomic E-state index is 4.39. The highest BCUT2D eigenvalue weighted by atomic mass is 15.1. The second-order valence-electron chi connectivity index (χ2n) is 15.9. The molecule has 2 atom stereocenters. The van der Waals surface area contributed by atoms with E-state index in [9.17, 15) is 0 Å². The molecule has 0 bridgehead atoms. The van der Waals surface area contributed by atoms with Crippen molar-refractivity contribution in [1.82, 2.24) is 16.0 Å². The Morgan fingerprint density at radius 1 is 0.737 bits per heavy atom. The third kappa shape index (κ3) is 18.8. The largest absolute Gasteiger partial charge is 0.323 e. The van der Waals surface area contributed by atoms with Crippen LogP contribution in [0.1, 0.15) is 149 Å². The minimum Gasteiger partial charge on any atom is -0.323 e. The monoisotopic (exact) mass is 538 g/mol. The van der Waals surface area contributed by atoms with Crippen LogP contribution in [-0.4, -0.2) is 36.3 Å². The molecule has 2 unspecified atom stereocenters. The van der Waals surface area contributed by atoms with Crippen LogP contribution in [0.3, 0.4) is 0 Å². The van der Waals surface area contributed by atoms with Crippen molar-refractivity contribution >= 4 is 0 Å². The molecule has 2 saturated heterocycles. The van der Waals surface area contributed by atoms with Crippen molar-refractivity contribution in [3.05, 3.63) is 12.2 Å². The van der Waals surface area contributed by atoms with Gasteiger partial charge in [-0.1, -0.05) is 73.5 Å². The Balaban J connectivity index is 0. The molecule has 2 heterocycles. The van der Waals surface area contributed by atoms with Gasteiger partial charge in [0.25, 0.3) is 0 Å². The molecule has 0 aromatic carbocycles. The minimum atomic E-state index is 0.256. The van der Waals surface area contributed by atoms with Gasteiger partial charge in [0, 0.05) is 22.2 Å². The van der Waals surface area contributed by atoms with E-state index >= 15 is 0 Å². The molecule has 0 aromatic heterocycles. The Morgan fingerprint density at radius 3 is 1.32 bits per heavy atom. The molecule has 2 rings (SSSR count). The summed E-state index contributed by atoms with van der Waals surface area (Å²) in [5.74, 6) is 3.95. The van der Waals surface area contributed by atoms with Gasteiger partial charge >= 0.3 is 0 Å². The number of rotatable bonds is 6. The van der Waals surface area contributed by atoms with Gasteiger partial charge in [0.05, 0.1) is 0 Å². The fourth-order valence-electron chi connectivity index (χ4n) is 6.82. The third-order valence-corrected chi connectivity index (χ3v) is 8.18. The lowest BCUT2D eigenvalue weighted by molar-refractivity contribution is 0.126. The molecule has 2 aliphatic rings. The molecule has 230 valence electrons. The lowest BCUT2D eigenvalue weighted by atomic mass is 9.72. The van der Waals surface area contributed by atoms with Crippen LogP contribution in [-0.2, 0) is 0 Å². The first kappa shape index (κ1) is 39.8. The van der Waals surface area contributed by atoms with Crippen LogP contribution in [0.4, 0.5) is 0 Å². The summed E-state index contributed by atoms with van der Waals surface area (Å²) in [7, 11) is 3.75. The molecular weight excluding hydrogens is 462 g/mol. The number of hydrogen-bond acceptors (Lipinski definition) is 3. The number of piperidine rings is 2. The van der Waals surface area contributed by atoms with Crippen LogP contribution in [0.25, 0.3) is 0 Å². The summed E-state index contributed by atoms with van der Waals surface area (Å²) >= 11 is 0. The number of nitrogens with one attached hydrogen (secondary N) is 3. The summed E-state index contributed by atoms with van der Waals surface area (Å²) in [4.78, 5) is 0. The molecule has 2 aliphatic heterocycles. The Morgan fingerprint density at radius 2 is 1.05 bits per heavy atom. The van der Waals surface area contributed by atoms with E-state index in [0.717, 1.165) is 23.7 Å². The smallest absolute Gasteiger partial charge is 0.0132 e. The second-order valence-corrected chi connectivity index (χ2v) is 15.9. The molecule has 0 amide bonds. The van der Waals surface area contributed by atoms with E-state index in [4.69, 9.17) is 0 Å². The van der Waals surface area contributed by atoms with Crippen molar-refractivity contribution in [3.8, 4) is 0 Å². The molecule has 38 heavy (non-hydrogen) atoms. The van der Waals surface area contributed by atoms with Gasteiger partial charge in [-0.2, -0.15) is 0 Å². The summed E-state index contributed by atoms with van der Waals surface area (Å²) in [5, 5.41) is 10.2. The van der Waals surface area contributed by atoms with Crippen molar-refractivity contribution in [2.45, 2.75) is 171 Å². The van der Waals surface area contributed by atoms with Crippen LogP contribution in [0.2, 0.25) is 0 Å². The van der Waals surface area contributed by atoms with E-state index in [1.165, 1.54) is 50.5 Å². The average Bonchev–Trinajstić information content (AvgIpc) is 2.68. The maximum Gasteiger partial charge on any atom is 0.0132 e. The molecule has 0 spiro atoms. The summed E-state index contributed by atoms with van der Waals surface area (Å²) in [6.07, 6.45) is 8.90. The van der Waals surface area contributed by atoms with Crippen molar-refractivity contribution in [2.75, 3.05) is 14.1 Å². The van der Waals surface area contributed by atoms with Gasteiger partial charge in [0.15, 0.2) is 0 Å². The van der Waals surface area contributed by atoms with Crippen molar-refractivity contribution in [2.24, 2.45) is 29.6 Å². The Bertz CT molecular complexity index is 597. The topological polar surface area (TPSA) is 36.1 Å². The molecular formula is C35H75N3. The fraction of sp³-hybridized carbons (Fsp3) is 0.943. The van der Waals surface area contributed by atoms with Gasteiger partial charge in [-0.15, -0.1) is 0 Å². The van der Waals surface area contributed by atoms with Crippen LogP contribution in [0, 0.1) is 29.6 Å². The van der Waals surface area contributed by atoms with E-state index < -0.39 is 0 Å². The van der Waals surface area contributed by atoms with E-state index in [0.29, 0.717) is 17.0 Å².